The predicted octanol–water partition coefficient (Wildman–Crippen LogP) is 4.29. The number of hydrogen-bond acceptors (Lipinski definition) is 2. The smallest absolute Gasteiger partial charge is 0.264 e. The third kappa shape index (κ3) is 7.09. The Balaban J connectivity index is 2.67. The fraction of sp³-hybridized carbons (Fsp3) is 0.647. The molecule has 4 heteroatoms. The normalized spacial score (nSPS) is 13.9. The van der Waals surface area contributed by atoms with E-state index >= 15 is 0 Å². The monoisotopic (exact) mass is 312 g/mol. The Morgan fingerprint density at radius 1 is 1.05 bits per heavy atom. The lowest BCUT2D eigenvalue weighted by Crippen LogP contribution is -2.10. The van der Waals surface area contributed by atoms with Gasteiger partial charge in [-0.3, -0.25) is 4.55 Å². The quantitative estimate of drug-likeness (QED) is 0.728. The van der Waals surface area contributed by atoms with E-state index in [1.54, 1.807) is 0 Å². The first kappa shape index (κ1) is 18.2. The molecule has 0 aliphatic rings. The highest BCUT2D eigenvalue weighted by molar-refractivity contribution is 7.85. The van der Waals surface area contributed by atoms with E-state index in [0.717, 1.165) is 5.56 Å². The van der Waals surface area contributed by atoms with Gasteiger partial charge in [0.1, 0.15) is 0 Å². The molecule has 0 bridgehead atoms. The SMILES string of the molecule is CC(C)CC(c1ccc(CCCS(=O)(=O)O)cc1)C(C)C. The van der Waals surface area contributed by atoms with Gasteiger partial charge in [-0.2, -0.15) is 8.42 Å². The molecule has 0 saturated carbocycles. The van der Waals surface area contributed by atoms with Crippen LogP contribution in [0.15, 0.2) is 24.3 Å². The van der Waals surface area contributed by atoms with E-state index in [-0.39, 0.29) is 5.75 Å². The molecule has 0 amide bonds. The summed E-state index contributed by atoms with van der Waals surface area (Å²) in [5.74, 6) is 1.68. The van der Waals surface area contributed by atoms with E-state index < -0.39 is 10.1 Å². The van der Waals surface area contributed by atoms with Crippen LogP contribution in [0.5, 0.6) is 0 Å². The molecule has 1 atom stereocenters. The Hall–Kier alpha value is -0.870. The van der Waals surface area contributed by atoms with Crippen molar-refractivity contribution in [1.29, 1.82) is 0 Å². The van der Waals surface area contributed by atoms with Crippen molar-refractivity contribution in [2.75, 3.05) is 5.75 Å². The van der Waals surface area contributed by atoms with Gasteiger partial charge < -0.3 is 0 Å². The summed E-state index contributed by atoms with van der Waals surface area (Å²) in [5.41, 5.74) is 2.48. The molecule has 0 heterocycles. The third-order valence-corrected chi connectivity index (χ3v) is 4.61. The Bertz CT molecular complexity index is 515. The first-order valence-corrected chi connectivity index (χ1v) is 9.34. The minimum Gasteiger partial charge on any atom is -0.286 e. The van der Waals surface area contributed by atoms with Gasteiger partial charge in [0.05, 0.1) is 5.75 Å². The maximum atomic E-state index is 10.7. The topological polar surface area (TPSA) is 54.4 Å². The van der Waals surface area contributed by atoms with Crippen molar-refractivity contribution in [2.24, 2.45) is 11.8 Å². The summed E-state index contributed by atoms with van der Waals surface area (Å²) in [6.45, 7) is 9.01. The minimum atomic E-state index is -3.84. The van der Waals surface area contributed by atoms with Crippen molar-refractivity contribution in [3.05, 3.63) is 35.4 Å². The fourth-order valence-corrected chi connectivity index (χ4v) is 3.20. The number of hydrogen-bond donors (Lipinski definition) is 1. The van der Waals surface area contributed by atoms with Crippen LogP contribution < -0.4 is 0 Å². The predicted molar refractivity (Wildman–Crippen MR) is 88.2 cm³/mol. The standard InChI is InChI=1S/C17H28O3S/c1-13(2)12-17(14(3)4)16-9-7-15(8-10-16)6-5-11-21(18,19)20/h7-10,13-14,17H,5-6,11-12H2,1-4H3,(H,18,19,20). The average molecular weight is 312 g/mol. The molecule has 0 aliphatic heterocycles. The zero-order valence-electron chi connectivity index (χ0n) is 13.5. The molecule has 1 aromatic carbocycles. The van der Waals surface area contributed by atoms with Crippen molar-refractivity contribution < 1.29 is 13.0 Å². The van der Waals surface area contributed by atoms with E-state index in [2.05, 4.69) is 52.0 Å². The lowest BCUT2D eigenvalue weighted by atomic mass is 9.82. The van der Waals surface area contributed by atoms with Gasteiger partial charge in [0, 0.05) is 0 Å². The van der Waals surface area contributed by atoms with Gasteiger partial charge in [-0.05, 0) is 48.1 Å². The molecule has 0 spiro atoms. The van der Waals surface area contributed by atoms with Crippen LogP contribution in [0.1, 0.15) is 57.6 Å². The largest absolute Gasteiger partial charge is 0.286 e. The third-order valence-electron chi connectivity index (χ3n) is 3.81. The van der Waals surface area contributed by atoms with Crippen LogP contribution in [0.2, 0.25) is 0 Å². The Labute approximate surface area is 129 Å². The summed E-state index contributed by atoms with van der Waals surface area (Å²) in [6.07, 6.45) is 2.31. The summed E-state index contributed by atoms with van der Waals surface area (Å²) in [5, 5.41) is 0. The second-order valence-electron chi connectivity index (χ2n) is 6.61. The highest BCUT2D eigenvalue weighted by Gasteiger charge is 2.17. The molecule has 0 aliphatic carbocycles. The summed E-state index contributed by atoms with van der Waals surface area (Å²) >= 11 is 0. The lowest BCUT2D eigenvalue weighted by Gasteiger charge is -2.23. The molecule has 0 saturated heterocycles. The van der Waals surface area contributed by atoms with Gasteiger partial charge in [-0.1, -0.05) is 52.0 Å². The maximum absolute atomic E-state index is 10.7. The van der Waals surface area contributed by atoms with E-state index in [1.165, 1.54) is 12.0 Å². The van der Waals surface area contributed by atoms with Crippen molar-refractivity contribution in [3.8, 4) is 0 Å². The van der Waals surface area contributed by atoms with Crippen molar-refractivity contribution in [2.45, 2.75) is 52.9 Å². The second-order valence-corrected chi connectivity index (χ2v) is 8.18. The zero-order valence-corrected chi connectivity index (χ0v) is 14.4. The molecule has 120 valence electrons. The van der Waals surface area contributed by atoms with E-state index in [0.29, 0.717) is 30.6 Å². The van der Waals surface area contributed by atoms with Crippen LogP contribution in [-0.4, -0.2) is 18.7 Å². The van der Waals surface area contributed by atoms with Crippen LogP contribution in [0.25, 0.3) is 0 Å². The highest BCUT2D eigenvalue weighted by atomic mass is 32.2. The van der Waals surface area contributed by atoms with E-state index in [1.807, 2.05) is 0 Å². The van der Waals surface area contributed by atoms with Crippen LogP contribution in [-0.2, 0) is 16.5 Å². The highest BCUT2D eigenvalue weighted by Crippen LogP contribution is 2.31. The molecule has 0 fully saturated rings. The van der Waals surface area contributed by atoms with Crippen LogP contribution in [0, 0.1) is 11.8 Å². The number of aryl methyl sites for hydroxylation is 1. The van der Waals surface area contributed by atoms with E-state index in [9.17, 15) is 8.42 Å². The van der Waals surface area contributed by atoms with Crippen LogP contribution >= 0.6 is 0 Å². The summed E-state index contributed by atoms with van der Waals surface area (Å²) in [4.78, 5) is 0. The fourth-order valence-electron chi connectivity index (χ4n) is 2.69. The first-order chi connectivity index (χ1) is 9.69. The van der Waals surface area contributed by atoms with Crippen molar-refractivity contribution in [1.82, 2.24) is 0 Å². The number of rotatable bonds is 8. The van der Waals surface area contributed by atoms with Gasteiger partial charge in [-0.25, -0.2) is 0 Å². The molecule has 3 nitrogen and oxygen atoms in total. The molecular formula is C17H28O3S. The van der Waals surface area contributed by atoms with Gasteiger partial charge in [0.15, 0.2) is 0 Å². The number of benzene rings is 1. The van der Waals surface area contributed by atoms with Gasteiger partial charge in [0.25, 0.3) is 10.1 Å². The minimum absolute atomic E-state index is 0.170. The second kappa shape index (κ2) is 7.95. The van der Waals surface area contributed by atoms with Gasteiger partial charge >= 0.3 is 0 Å². The van der Waals surface area contributed by atoms with E-state index in [4.69, 9.17) is 4.55 Å². The molecule has 0 aromatic heterocycles. The Kier molecular flexibility index (Phi) is 6.88. The van der Waals surface area contributed by atoms with Crippen molar-refractivity contribution in [3.63, 3.8) is 0 Å². The maximum Gasteiger partial charge on any atom is 0.264 e. The summed E-state index contributed by atoms with van der Waals surface area (Å²) in [7, 11) is -3.84. The Morgan fingerprint density at radius 2 is 1.62 bits per heavy atom. The molecule has 0 radical (unpaired) electrons. The zero-order chi connectivity index (χ0) is 16.0. The molecule has 1 unspecified atom stereocenters. The molecule has 1 N–H and O–H groups in total. The molecule has 21 heavy (non-hydrogen) atoms. The molecular weight excluding hydrogens is 284 g/mol. The van der Waals surface area contributed by atoms with Crippen LogP contribution in [0.4, 0.5) is 0 Å². The lowest BCUT2D eigenvalue weighted by molar-refractivity contribution is 0.408. The molecule has 1 rings (SSSR count). The molecule has 1 aromatic rings. The summed E-state index contributed by atoms with van der Waals surface area (Å²) < 4.78 is 30.1. The summed E-state index contributed by atoms with van der Waals surface area (Å²) in [6, 6.07) is 8.48. The average Bonchev–Trinajstić information content (AvgIpc) is 2.35. The van der Waals surface area contributed by atoms with Crippen LogP contribution in [0.3, 0.4) is 0 Å². The van der Waals surface area contributed by atoms with Gasteiger partial charge in [0.2, 0.25) is 0 Å². The Morgan fingerprint density at radius 3 is 2.05 bits per heavy atom. The van der Waals surface area contributed by atoms with Crippen molar-refractivity contribution >= 4 is 10.1 Å². The first-order valence-electron chi connectivity index (χ1n) is 7.73. The van der Waals surface area contributed by atoms with Gasteiger partial charge in [-0.15, -0.1) is 0 Å².